The van der Waals surface area contributed by atoms with Gasteiger partial charge in [0.1, 0.15) is 5.82 Å². The van der Waals surface area contributed by atoms with E-state index in [-0.39, 0.29) is 23.6 Å². The number of carbonyl (C=O) groups excluding carboxylic acids is 2. The maximum atomic E-state index is 12.7. The van der Waals surface area contributed by atoms with Gasteiger partial charge in [0.15, 0.2) is 11.5 Å². The second kappa shape index (κ2) is 9.42. The van der Waals surface area contributed by atoms with E-state index in [1.807, 2.05) is 4.90 Å². The molecule has 3 amide bonds. The number of nitrogens with zero attached hydrogens (tertiary/aromatic N) is 4. The normalized spacial score (nSPS) is 21.6. The lowest BCUT2D eigenvalue weighted by molar-refractivity contribution is -0.0118. The molecule has 11 nitrogen and oxygen atoms in total. The van der Waals surface area contributed by atoms with Gasteiger partial charge in [-0.3, -0.25) is 9.00 Å². The van der Waals surface area contributed by atoms with E-state index in [1.165, 1.54) is 0 Å². The predicted octanol–water partition coefficient (Wildman–Crippen LogP) is 0.640. The maximum Gasteiger partial charge on any atom is 0.317 e. The van der Waals surface area contributed by atoms with E-state index in [4.69, 9.17) is 5.73 Å². The lowest BCUT2D eigenvalue weighted by Gasteiger charge is -2.56. The van der Waals surface area contributed by atoms with Crippen molar-refractivity contribution in [1.82, 2.24) is 25.5 Å². The monoisotopic (exact) mass is 498 g/mol. The molecule has 1 aromatic carbocycles. The van der Waals surface area contributed by atoms with E-state index in [0.29, 0.717) is 28.4 Å². The summed E-state index contributed by atoms with van der Waals surface area (Å²) in [6.45, 7) is 4.98. The molecule has 2 unspecified atom stereocenters. The summed E-state index contributed by atoms with van der Waals surface area (Å²) in [7, 11) is -1.08. The molecule has 0 saturated carbocycles. The van der Waals surface area contributed by atoms with Crippen LogP contribution in [0.1, 0.15) is 23.3 Å². The van der Waals surface area contributed by atoms with E-state index in [2.05, 4.69) is 30.8 Å². The van der Waals surface area contributed by atoms with Gasteiger partial charge < -0.3 is 31.5 Å². The first kappa shape index (κ1) is 23.5. The molecule has 0 aliphatic carbocycles. The van der Waals surface area contributed by atoms with Gasteiger partial charge in [0, 0.05) is 78.4 Å². The molecule has 3 aliphatic rings. The molecule has 5 rings (SSSR count). The Labute approximate surface area is 206 Å². The molecular formula is C23H30N8O3S. The SMILES string of the molecule is CS(=O)c1ccc(Nc2nc(N3CCCC(NC(=O)N4CC5(CNC5)C4)C3)cnc2C(N)=O)cc1. The first-order chi connectivity index (χ1) is 16.8. The van der Waals surface area contributed by atoms with Gasteiger partial charge in [0.25, 0.3) is 5.91 Å². The second-order valence-electron chi connectivity index (χ2n) is 9.59. The van der Waals surface area contributed by atoms with Gasteiger partial charge in [-0.15, -0.1) is 0 Å². The third kappa shape index (κ3) is 4.94. The highest BCUT2D eigenvalue weighted by atomic mass is 32.2. The number of hydrogen-bond acceptors (Lipinski definition) is 8. The fraction of sp³-hybridized carbons (Fsp3) is 0.478. The summed E-state index contributed by atoms with van der Waals surface area (Å²) in [5, 5.41) is 9.56. The molecule has 5 N–H and O–H groups in total. The summed E-state index contributed by atoms with van der Waals surface area (Å²) in [4.78, 5) is 38.2. The van der Waals surface area contributed by atoms with E-state index in [0.717, 1.165) is 45.6 Å². The minimum Gasteiger partial charge on any atom is -0.364 e. The molecule has 0 bridgehead atoms. The van der Waals surface area contributed by atoms with E-state index in [9.17, 15) is 13.8 Å². The number of benzene rings is 1. The van der Waals surface area contributed by atoms with Crippen LogP contribution < -0.4 is 26.6 Å². The fourth-order valence-electron chi connectivity index (χ4n) is 4.84. The van der Waals surface area contributed by atoms with Crippen molar-refractivity contribution in [2.24, 2.45) is 11.1 Å². The van der Waals surface area contributed by atoms with Crippen molar-refractivity contribution in [2.75, 3.05) is 55.7 Å². The highest BCUT2D eigenvalue weighted by Gasteiger charge is 2.49. The molecule has 12 heteroatoms. The molecule has 186 valence electrons. The molecule has 1 spiro atoms. The van der Waals surface area contributed by atoms with Gasteiger partial charge in [0.05, 0.1) is 6.20 Å². The number of carbonyl (C=O) groups is 2. The Kier molecular flexibility index (Phi) is 6.32. The van der Waals surface area contributed by atoms with Gasteiger partial charge in [-0.2, -0.15) is 0 Å². The van der Waals surface area contributed by atoms with Gasteiger partial charge in [-0.25, -0.2) is 14.8 Å². The van der Waals surface area contributed by atoms with Crippen LogP contribution in [0, 0.1) is 5.41 Å². The number of nitrogens with two attached hydrogens (primary N) is 1. The number of rotatable bonds is 6. The topological polar surface area (TPSA) is 146 Å². The van der Waals surface area contributed by atoms with Crippen molar-refractivity contribution in [1.29, 1.82) is 0 Å². The number of hydrogen-bond donors (Lipinski definition) is 4. The summed E-state index contributed by atoms with van der Waals surface area (Å²) in [5.41, 5.74) is 6.53. The van der Waals surface area contributed by atoms with Crippen LogP contribution in [0.5, 0.6) is 0 Å². The highest BCUT2D eigenvalue weighted by Crippen LogP contribution is 2.34. The number of amides is 3. The lowest BCUT2D eigenvalue weighted by atomic mass is 9.75. The number of piperidine rings is 1. The van der Waals surface area contributed by atoms with Crippen LogP contribution in [0.4, 0.5) is 22.1 Å². The molecule has 1 aromatic heterocycles. The van der Waals surface area contributed by atoms with Crippen LogP contribution in [0.15, 0.2) is 35.4 Å². The number of primary amides is 1. The van der Waals surface area contributed by atoms with E-state index < -0.39 is 16.7 Å². The molecule has 0 radical (unpaired) electrons. The number of likely N-dealkylation sites (tertiary alicyclic amines) is 1. The molecule has 3 saturated heterocycles. The van der Waals surface area contributed by atoms with E-state index in [1.54, 1.807) is 36.7 Å². The summed E-state index contributed by atoms with van der Waals surface area (Å²) in [6, 6.07) is 7.02. The standard InChI is InChI=1S/C23H30N8O3S/c1-35(34)17-6-4-15(5-7-17)27-21-19(20(24)32)26-9-18(29-21)30-8-2-3-16(10-30)28-22(33)31-13-23(14-31)11-25-12-23/h4-7,9,16,25H,2-3,8,10-14H2,1H3,(H2,24,32)(H,27,29)(H,28,33). The number of anilines is 3. The van der Waals surface area contributed by atoms with Crippen molar-refractivity contribution in [3.63, 3.8) is 0 Å². The van der Waals surface area contributed by atoms with Crippen molar-refractivity contribution in [3.8, 4) is 0 Å². The summed E-state index contributed by atoms with van der Waals surface area (Å²) in [5.74, 6) is 0.174. The maximum absolute atomic E-state index is 12.7. The summed E-state index contributed by atoms with van der Waals surface area (Å²) in [6.07, 6.45) is 4.95. The predicted molar refractivity (Wildman–Crippen MR) is 133 cm³/mol. The van der Waals surface area contributed by atoms with Gasteiger partial charge in [0.2, 0.25) is 0 Å². The Balaban J connectivity index is 1.26. The molecule has 2 aromatic rings. The van der Waals surface area contributed by atoms with Crippen LogP contribution in [-0.2, 0) is 10.8 Å². The Morgan fingerprint density at radius 2 is 1.97 bits per heavy atom. The van der Waals surface area contributed by atoms with Gasteiger partial charge >= 0.3 is 6.03 Å². The van der Waals surface area contributed by atoms with Crippen LogP contribution in [0.3, 0.4) is 0 Å². The molecule has 35 heavy (non-hydrogen) atoms. The minimum absolute atomic E-state index is 0.00352. The third-order valence-corrected chi connectivity index (χ3v) is 7.79. The lowest BCUT2D eigenvalue weighted by Crippen LogP contribution is -2.73. The Morgan fingerprint density at radius 3 is 2.60 bits per heavy atom. The van der Waals surface area contributed by atoms with Crippen molar-refractivity contribution >= 4 is 40.1 Å². The first-order valence-electron chi connectivity index (χ1n) is 11.7. The number of nitrogens with one attached hydrogen (secondary N) is 3. The fourth-order valence-corrected chi connectivity index (χ4v) is 5.36. The molecule has 4 heterocycles. The number of urea groups is 1. The molecule has 2 atom stereocenters. The highest BCUT2D eigenvalue weighted by molar-refractivity contribution is 7.84. The molecule has 3 fully saturated rings. The van der Waals surface area contributed by atoms with Crippen molar-refractivity contribution < 1.29 is 13.8 Å². The largest absolute Gasteiger partial charge is 0.364 e. The number of aromatic nitrogens is 2. The zero-order chi connectivity index (χ0) is 24.6. The third-order valence-electron chi connectivity index (χ3n) is 6.85. The van der Waals surface area contributed by atoms with Gasteiger partial charge in [-0.1, -0.05) is 0 Å². The summed E-state index contributed by atoms with van der Waals surface area (Å²) < 4.78 is 11.6. The smallest absolute Gasteiger partial charge is 0.317 e. The van der Waals surface area contributed by atoms with Crippen LogP contribution in [0.25, 0.3) is 0 Å². The average molecular weight is 499 g/mol. The zero-order valence-corrected chi connectivity index (χ0v) is 20.4. The van der Waals surface area contributed by atoms with Crippen molar-refractivity contribution in [3.05, 3.63) is 36.2 Å². The Morgan fingerprint density at radius 1 is 1.23 bits per heavy atom. The average Bonchev–Trinajstić information content (AvgIpc) is 2.77. The quantitative estimate of drug-likeness (QED) is 0.454. The van der Waals surface area contributed by atoms with Crippen LogP contribution in [-0.4, -0.2) is 82.6 Å². The van der Waals surface area contributed by atoms with Crippen LogP contribution >= 0.6 is 0 Å². The minimum atomic E-state index is -1.08. The van der Waals surface area contributed by atoms with Crippen molar-refractivity contribution in [2.45, 2.75) is 23.8 Å². The Bertz CT molecular complexity index is 1150. The second-order valence-corrected chi connectivity index (χ2v) is 11.0. The molecule has 3 aliphatic heterocycles. The van der Waals surface area contributed by atoms with Gasteiger partial charge in [-0.05, 0) is 37.1 Å². The van der Waals surface area contributed by atoms with E-state index >= 15 is 0 Å². The van der Waals surface area contributed by atoms with Crippen LogP contribution in [0.2, 0.25) is 0 Å². The summed E-state index contributed by atoms with van der Waals surface area (Å²) >= 11 is 0. The zero-order valence-electron chi connectivity index (χ0n) is 19.6. The molecular weight excluding hydrogens is 468 g/mol. The first-order valence-corrected chi connectivity index (χ1v) is 13.3. The Hall–Kier alpha value is -3.25.